The van der Waals surface area contributed by atoms with Crippen LogP contribution in [0.5, 0.6) is 0 Å². The van der Waals surface area contributed by atoms with E-state index in [2.05, 4.69) is 0 Å². The molecule has 0 spiro atoms. The molecule has 2 N–H and O–H groups in total. The standard InChI is InChI=1S/C11H22N2O3S.ClH/c12-7-10-3-1-5-13(8-10)17(14,15)9-11-4-2-6-16-11;/h10-11H,1-9,12H2;1H. The Morgan fingerprint density at radius 1 is 1.28 bits per heavy atom. The Kier molecular flexibility index (Phi) is 6.34. The molecule has 2 fully saturated rings. The van der Waals surface area contributed by atoms with Crippen LogP contribution in [-0.4, -0.2) is 50.8 Å². The van der Waals surface area contributed by atoms with E-state index in [0.29, 0.717) is 32.2 Å². The summed E-state index contributed by atoms with van der Waals surface area (Å²) in [6.45, 7) is 2.51. The highest BCUT2D eigenvalue weighted by atomic mass is 35.5. The second kappa shape index (κ2) is 7.05. The van der Waals surface area contributed by atoms with Crippen molar-refractivity contribution in [3.63, 3.8) is 0 Å². The molecular formula is C11H23ClN2O3S. The Labute approximate surface area is 116 Å². The van der Waals surface area contributed by atoms with Crippen LogP contribution in [0.15, 0.2) is 0 Å². The number of nitrogens with zero attached hydrogens (tertiary/aromatic N) is 1. The molecule has 0 bridgehead atoms. The number of halogens is 1. The minimum Gasteiger partial charge on any atom is -0.377 e. The lowest BCUT2D eigenvalue weighted by Crippen LogP contribution is -2.44. The fraction of sp³-hybridized carbons (Fsp3) is 1.00. The van der Waals surface area contributed by atoms with Crippen molar-refractivity contribution in [2.45, 2.75) is 31.8 Å². The van der Waals surface area contributed by atoms with Crippen LogP contribution in [0.4, 0.5) is 0 Å². The van der Waals surface area contributed by atoms with E-state index < -0.39 is 10.0 Å². The maximum atomic E-state index is 12.2. The van der Waals surface area contributed by atoms with Crippen LogP contribution in [0.1, 0.15) is 25.7 Å². The molecule has 2 atom stereocenters. The third-order valence-electron chi connectivity index (χ3n) is 3.63. The van der Waals surface area contributed by atoms with Gasteiger partial charge < -0.3 is 10.5 Å². The van der Waals surface area contributed by atoms with Gasteiger partial charge >= 0.3 is 0 Å². The summed E-state index contributed by atoms with van der Waals surface area (Å²) in [5.74, 6) is 0.465. The van der Waals surface area contributed by atoms with E-state index in [-0.39, 0.29) is 24.3 Å². The molecule has 0 amide bonds. The molecule has 2 heterocycles. The number of sulfonamides is 1. The summed E-state index contributed by atoms with van der Waals surface area (Å²) in [6.07, 6.45) is 3.71. The number of ether oxygens (including phenoxy) is 1. The number of hydrogen-bond acceptors (Lipinski definition) is 4. The molecule has 2 saturated heterocycles. The Morgan fingerprint density at radius 2 is 2.06 bits per heavy atom. The smallest absolute Gasteiger partial charge is 0.216 e. The highest BCUT2D eigenvalue weighted by Crippen LogP contribution is 2.21. The normalized spacial score (nSPS) is 30.1. The zero-order chi connectivity index (χ0) is 12.3. The van der Waals surface area contributed by atoms with Crippen LogP contribution in [0, 0.1) is 5.92 Å². The van der Waals surface area contributed by atoms with Gasteiger partial charge in [0.1, 0.15) is 0 Å². The molecule has 108 valence electrons. The van der Waals surface area contributed by atoms with Crippen molar-refractivity contribution in [1.82, 2.24) is 4.31 Å². The van der Waals surface area contributed by atoms with E-state index in [4.69, 9.17) is 10.5 Å². The molecule has 0 aromatic heterocycles. The molecule has 0 aliphatic carbocycles. The van der Waals surface area contributed by atoms with Crippen molar-refractivity contribution in [3.8, 4) is 0 Å². The van der Waals surface area contributed by atoms with Crippen molar-refractivity contribution in [3.05, 3.63) is 0 Å². The minimum atomic E-state index is -3.16. The van der Waals surface area contributed by atoms with Crippen molar-refractivity contribution in [1.29, 1.82) is 0 Å². The van der Waals surface area contributed by atoms with Crippen LogP contribution in [0.25, 0.3) is 0 Å². The summed E-state index contributed by atoms with van der Waals surface area (Å²) in [4.78, 5) is 0. The second-order valence-corrected chi connectivity index (χ2v) is 7.03. The van der Waals surface area contributed by atoms with Gasteiger partial charge in [0.05, 0.1) is 11.9 Å². The van der Waals surface area contributed by atoms with Gasteiger partial charge in [0.25, 0.3) is 0 Å². The lowest BCUT2D eigenvalue weighted by molar-refractivity contribution is 0.125. The Hall–Kier alpha value is 0.120. The highest BCUT2D eigenvalue weighted by molar-refractivity contribution is 7.89. The summed E-state index contributed by atoms with van der Waals surface area (Å²) in [6, 6.07) is 0. The van der Waals surface area contributed by atoms with Gasteiger partial charge in [0.15, 0.2) is 0 Å². The lowest BCUT2D eigenvalue weighted by Gasteiger charge is -2.31. The maximum absolute atomic E-state index is 12.2. The predicted octanol–water partition coefficient (Wildman–Crippen LogP) is 0.588. The quantitative estimate of drug-likeness (QED) is 0.824. The molecule has 2 aliphatic rings. The van der Waals surface area contributed by atoms with Crippen molar-refractivity contribution in [2.75, 3.05) is 32.0 Å². The summed E-state index contributed by atoms with van der Waals surface area (Å²) in [5.41, 5.74) is 5.63. The number of rotatable bonds is 4. The highest BCUT2D eigenvalue weighted by Gasteiger charge is 2.31. The van der Waals surface area contributed by atoms with Crippen LogP contribution < -0.4 is 5.73 Å². The average Bonchev–Trinajstić information content (AvgIpc) is 2.81. The molecular weight excluding hydrogens is 276 g/mol. The van der Waals surface area contributed by atoms with Gasteiger partial charge in [-0.1, -0.05) is 0 Å². The van der Waals surface area contributed by atoms with Gasteiger partial charge in [-0.15, -0.1) is 12.4 Å². The molecule has 18 heavy (non-hydrogen) atoms. The van der Waals surface area contributed by atoms with Crippen LogP contribution >= 0.6 is 12.4 Å². The largest absolute Gasteiger partial charge is 0.377 e. The van der Waals surface area contributed by atoms with Gasteiger partial charge in [0, 0.05) is 19.7 Å². The Bertz CT molecular complexity index is 344. The Balaban J connectivity index is 0.00000162. The predicted molar refractivity (Wildman–Crippen MR) is 73.4 cm³/mol. The zero-order valence-electron chi connectivity index (χ0n) is 10.6. The van der Waals surface area contributed by atoms with Crippen molar-refractivity contribution < 1.29 is 13.2 Å². The third kappa shape index (κ3) is 4.06. The van der Waals surface area contributed by atoms with Crippen LogP contribution in [-0.2, 0) is 14.8 Å². The molecule has 2 aliphatic heterocycles. The van der Waals surface area contributed by atoms with E-state index in [9.17, 15) is 8.42 Å². The van der Waals surface area contributed by atoms with E-state index in [1.54, 1.807) is 4.31 Å². The number of nitrogens with two attached hydrogens (primary N) is 1. The maximum Gasteiger partial charge on any atom is 0.216 e. The fourth-order valence-electron chi connectivity index (χ4n) is 2.59. The topological polar surface area (TPSA) is 72.6 Å². The van der Waals surface area contributed by atoms with Gasteiger partial charge in [-0.25, -0.2) is 12.7 Å². The molecule has 0 aromatic carbocycles. The summed E-state index contributed by atoms with van der Waals surface area (Å²) in [5, 5.41) is 0. The van der Waals surface area contributed by atoms with Gasteiger partial charge in [0.2, 0.25) is 10.0 Å². The third-order valence-corrected chi connectivity index (χ3v) is 5.54. The van der Waals surface area contributed by atoms with Gasteiger partial charge in [-0.3, -0.25) is 0 Å². The van der Waals surface area contributed by atoms with Crippen LogP contribution in [0.2, 0.25) is 0 Å². The molecule has 0 saturated carbocycles. The first kappa shape index (κ1) is 16.2. The number of hydrogen-bond donors (Lipinski definition) is 1. The van der Waals surface area contributed by atoms with Crippen molar-refractivity contribution >= 4 is 22.4 Å². The fourth-order valence-corrected chi connectivity index (χ4v) is 4.38. The van der Waals surface area contributed by atoms with Crippen LogP contribution in [0.3, 0.4) is 0 Å². The van der Waals surface area contributed by atoms with Gasteiger partial charge in [-0.2, -0.15) is 0 Å². The van der Waals surface area contributed by atoms with Crippen molar-refractivity contribution in [2.24, 2.45) is 11.7 Å². The minimum absolute atomic E-state index is 0. The van der Waals surface area contributed by atoms with E-state index in [1.165, 1.54) is 0 Å². The molecule has 2 rings (SSSR count). The second-order valence-electron chi connectivity index (χ2n) is 5.02. The molecule has 5 nitrogen and oxygen atoms in total. The van der Waals surface area contributed by atoms with Gasteiger partial charge in [-0.05, 0) is 38.1 Å². The molecule has 0 radical (unpaired) electrons. The summed E-state index contributed by atoms with van der Waals surface area (Å²) in [7, 11) is -3.16. The first-order valence-corrected chi connectivity index (χ1v) is 8.02. The monoisotopic (exact) mass is 298 g/mol. The first-order valence-electron chi connectivity index (χ1n) is 6.41. The average molecular weight is 299 g/mol. The summed E-state index contributed by atoms with van der Waals surface area (Å²) < 4.78 is 31.4. The molecule has 2 unspecified atom stereocenters. The lowest BCUT2D eigenvalue weighted by atomic mass is 10.0. The SMILES string of the molecule is Cl.NCC1CCCN(S(=O)(=O)CC2CCCO2)C1. The van der Waals surface area contributed by atoms with E-state index in [0.717, 1.165) is 25.7 Å². The van der Waals surface area contributed by atoms with E-state index >= 15 is 0 Å². The number of piperidine rings is 1. The summed E-state index contributed by atoms with van der Waals surface area (Å²) >= 11 is 0. The first-order chi connectivity index (χ1) is 8.12. The zero-order valence-corrected chi connectivity index (χ0v) is 12.2. The van der Waals surface area contributed by atoms with E-state index in [1.807, 2.05) is 0 Å². The molecule has 7 heteroatoms. The Morgan fingerprint density at radius 3 is 2.67 bits per heavy atom. The molecule has 0 aromatic rings.